The quantitative estimate of drug-likeness (QED) is 0.655. The lowest BCUT2D eigenvalue weighted by molar-refractivity contribution is 0.240. The van der Waals surface area contributed by atoms with Crippen molar-refractivity contribution in [1.82, 2.24) is 0 Å². The van der Waals surface area contributed by atoms with Gasteiger partial charge in [0.1, 0.15) is 0 Å². The topological polar surface area (TPSA) is 3.24 Å². The molecule has 0 N–H and O–H groups in total. The fourth-order valence-corrected chi connectivity index (χ4v) is 8.45. The van der Waals surface area contributed by atoms with Crippen LogP contribution in [-0.2, 0) is 0 Å². The Morgan fingerprint density at radius 3 is 2.41 bits per heavy atom. The molecule has 0 saturated heterocycles. The molecule has 0 saturated carbocycles. The van der Waals surface area contributed by atoms with Crippen LogP contribution in [0.5, 0.6) is 0 Å². The monoisotopic (exact) mass is 325 g/mol. The Kier molecular flexibility index (Phi) is 3.57. The van der Waals surface area contributed by atoms with E-state index in [2.05, 4.69) is 77.4 Å². The largest absolute Gasteiger partial charge is 0.386 e. The van der Waals surface area contributed by atoms with E-state index in [0.717, 1.165) is 0 Å². The number of nitrogens with zero attached hydrogens (tertiary/aromatic N) is 1. The average Bonchev–Trinajstić information content (AvgIpc) is 2.54. The highest BCUT2D eigenvalue weighted by molar-refractivity contribution is 6.81. The van der Waals surface area contributed by atoms with Gasteiger partial charge in [0.25, 0.3) is 0 Å². The van der Waals surface area contributed by atoms with Crippen molar-refractivity contribution in [1.29, 1.82) is 0 Å². The summed E-state index contributed by atoms with van der Waals surface area (Å²) in [5.41, 5.74) is 7.81. The molecule has 1 aromatic carbocycles. The maximum atomic E-state index is 2.54. The number of anilines is 1. The summed E-state index contributed by atoms with van der Waals surface area (Å²) in [7, 11) is 3.02. The molecular formula is C19H27NSi2. The fourth-order valence-electron chi connectivity index (χ4n) is 3.78. The minimum absolute atomic E-state index is 0.169. The summed E-state index contributed by atoms with van der Waals surface area (Å²) in [4.78, 5) is 0. The highest BCUT2D eigenvalue weighted by Crippen LogP contribution is 2.56. The third-order valence-electron chi connectivity index (χ3n) is 5.77. The number of hydrogen-bond acceptors (Lipinski definition) is 1. The van der Waals surface area contributed by atoms with Crippen molar-refractivity contribution < 1.29 is 0 Å². The zero-order valence-electron chi connectivity index (χ0n) is 14.9. The van der Waals surface area contributed by atoms with E-state index in [1.165, 1.54) is 22.4 Å². The summed E-state index contributed by atoms with van der Waals surface area (Å²) in [6.07, 6.45) is 2.53. The van der Waals surface area contributed by atoms with E-state index in [4.69, 9.17) is 0 Å². The van der Waals surface area contributed by atoms with Crippen LogP contribution >= 0.6 is 0 Å². The Labute approximate surface area is 139 Å². The molecule has 2 aliphatic rings. The molecule has 0 bridgehead atoms. The molecule has 1 nitrogen and oxygen atoms in total. The Hall–Kier alpha value is -1.07. The predicted molar refractivity (Wildman–Crippen MR) is 102 cm³/mol. The predicted octanol–water partition coefficient (Wildman–Crippen LogP) is 3.87. The summed E-state index contributed by atoms with van der Waals surface area (Å²) in [6, 6.07) is 7.02. The van der Waals surface area contributed by atoms with Crippen LogP contribution in [0.3, 0.4) is 0 Å². The molecule has 0 spiro atoms. The van der Waals surface area contributed by atoms with Gasteiger partial charge in [0, 0.05) is 26.9 Å². The number of hydrogen-bond donors (Lipinski definition) is 0. The second-order valence-corrected chi connectivity index (χ2v) is 11.8. The van der Waals surface area contributed by atoms with Crippen LogP contribution in [0.15, 0.2) is 35.0 Å². The lowest BCUT2D eigenvalue weighted by Gasteiger charge is -2.46. The molecule has 3 heteroatoms. The smallest absolute Gasteiger partial charge is 0.0874 e. The Bertz CT molecular complexity index is 736. The van der Waals surface area contributed by atoms with Crippen LogP contribution in [0.1, 0.15) is 45.7 Å². The summed E-state index contributed by atoms with van der Waals surface area (Å²) in [5.74, 6) is 0. The van der Waals surface area contributed by atoms with Gasteiger partial charge in [-0.05, 0) is 47.6 Å². The molecule has 0 amide bonds. The average molecular weight is 326 g/mol. The van der Waals surface area contributed by atoms with E-state index >= 15 is 0 Å². The normalized spacial score (nSPS) is 22.0. The van der Waals surface area contributed by atoms with E-state index in [1.54, 1.807) is 10.8 Å². The maximum Gasteiger partial charge on any atom is 0.0874 e. The molecule has 0 unspecified atom stereocenters. The number of allylic oxidation sites excluding steroid dienone is 4. The Morgan fingerprint density at radius 2 is 1.73 bits per heavy atom. The summed E-state index contributed by atoms with van der Waals surface area (Å²) in [5, 5.41) is 1.69. The summed E-state index contributed by atoms with van der Waals surface area (Å²) >= 11 is 0. The fraction of sp³-hybridized carbons (Fsp3) is 0.474. The van der Waals surface area contributed by atoms with Gasteiger partial charge in [-0.25, -0.2) is 0 Å². The third-order valence-corrected chi connectivity index (χ3v) is 10.5. The van der Waals surface area contributed by atoms with Gasteiger partial charge >= 0.3 is 0 Å². The minimum Gasteiger partial charge on any atom is -0.386 e. The third kappa shape index (κ3) is 2.17. The first-order valence-electron chi connectivity index (χ1n) is 8.12. The summed E-state index contributed by atoms with van der Waals surface area (Å²) in [6.45, 7) is 14.2. The molecule has 0 radical (unpaired) electrons. The van der Waals surface area contributed by atoms with E-state index in [-0.39, 0.29) is 10.8 Å². The van der Waals surface area contributed by atoms with Gasteiger partial charge in [-0.1, -0.05) is 51.0 Å². The van der Waals surface area contributed by atoms with Gasteiger partial charge in [0.15, 0.2) is 0 Å². The lowest BCUT2D eigenvalue weighted by atomic mass is 9.59. The SMILES string of the molecule is CC1=CC(C)(C)C(C)(C)C2=C1[SiH]=[SiH]N(C)c1ccc(C)cc12. The maximum absolute atomic E-state index is 2.54. The van der Waals surface area contributed by atoms with E-state index in [1.807, 2.05) is 0 Å². The molecule has 22 heavy (non-hydrogen) atoms. The van der Waals surface area contributed by atoms with E-state index < -0.39 is 0 Å². The first-order valence-corrected chi connectivity index (χ1v) is 11.9. The molecule has 1 aliphatic heterocycles. The molecule has 1 heterocycles. The van der Waals surface area contributed by atoms with Crippen molar-refractivity contribution in [3.63, 3.8) is 0 Å². The van der Waals surface area contributed by atoms with Crippen molar-refractivity contribution >= 4 is 28.6 Å². The molecular weight excluding hydrogens is 298 g/mol. The molecule has 116 valence electrons. The van der Waals surface area contributed by atoms with E-state index in [0.29, 0.717) is 17.4 Å². The zero-order valence-corrected chi connectivity index (χ0v) is 17.2. The van der Waals surface area contributed by atoms with Crippen LogP contribution in [0.2, 0.25) is 0 Å². The first-order chi connectivity index (χ1) is 10.1. The second kappa shape index (κ2) is 4.97. The Morgan fingerprint density at radius 1 is 1.05 bits per heavy atom. The zero-order chi connectivity index (χ0) is 16.3. The van der Waals surface area contributed by atoms with Gasteiger partial charge in [0.05, 0.1) is 8.77 Å². The number of benzene rings is 1. The molecule has 0 atom stereocenters. The highest BCUT2D eigenvalue weighted by atomic mass is 28.9. The highest BCUT2D eigenvalue weighted by Gasteiger charge is 2.44. The lowest BCUT2D eigenvalue weighted by Crippen LogP contribution is -2.36. The second-order valence-electron chi connectivity index (χ2n) is 7.91. The van der Waals surface area contributed by atoms with Gasteiger partial charge < -0.3 is 4.57 Å². The minimum atomic E-state index is 0.169. The van der Waals surface area contributed by atoms with Gasteiger partial charge in [-0.2, -0.15) is 0 Å². The van der Waals surface area contributed by atoms with Crippen LogP contribution in [0, 0.1) is 17.8 Å². The number of rotatable bonds is 0. The first kappa shape index (κ1) is 15.8. The van der Waals surface area contributed by atoms with Gasteiger partial charge in [-0.15, -0.1) is 0 Å². The molecule has 1 aromatic rings. The molecule has 3 rings (SSSR count). The van der Waals surface area contributed by atoms with Crippen LogP contribution < -0.4 is 4.57 Å². The number of aryl methyl sites for hydroxylation is 1. The van der Waals surface area contributed by atoms with Crippen LogP contribution in [0.4, 0.5) is 5.69 Å². The van der Waals surface area contributed by atoms with Crippen molar-refractivity contribution in [3.05, 3.63) is 46.2 Å². The summed E-state index contributed by atoms with van der Waals surface area (Å²) < 4.78 is 2.54. The molecule has 0 fully saturated rings. The standard InChI is InChI=1S/C19H27NSi2/c1-12-8-9-15-14(10-12)16-17(21-22-20(15)7)13(2)11-18(3,4)19(16,5)6/h8-11,21-22H,1-7H3. The molecule has 0 aromatic heterocycles. The van der Waals surface area contributed by atoms with Gasteiger partial charge in [-0.3, -0.25) is 0 Å². The number of fused-ring (bicyclic) bond motifs is 2. The van der Waals surface area contributed by atoms with Crippen LogP contribution in [-0.4, -0.2) is 24.4 Å². The Balaban J connectivity index is 2.40. The molecule has 1 aliphatic carbocycles. The van der Waals surface area contributed by atoms with Gasteiger partial charge in [0.2, 0.25) is 0 Å². The van der Waals surface area contributed by atoms with Crippen molar-refractivity contribution in [2.75, 3.05) is 11.6 Å². The van der Waals surface area contributed by atoms with Crippen LogP contribution in [0.25, 0.3) is 5.57 Å². The van der Waals surface area contributed by atoms with Crippen molar-refractivity contribution in [2.45, 2.75) is 41.5 Å². The van der Waals surface area contributed by atoms with E-state index in [9.17, 15) is 0 Å². The van der Waals surface area contributed by atoms with Crippen molar-refractivity contribution in [3.8, 4) is 0 Å². The van der Waals surface area contributed by atoms with Crippen molar-refractivity contribution in [2.24, 2.45) is 10.8 Å².